The number of nitrogens with zero attached hydrogens (tertiary/aromatic N) is 1. The van der Waals surface area contributed by atoms with Crippen molar-refractivity contribution < 1.29 is 23.1 Å². The molecule has 0 fully saturated rings. The fourth-order valence-corrected chi connectivity index (χ4v) is 0.456. The molecule has 7 heteroatoms. The van der Waals surface area contributed by atoms with Crippen LogP contribution in [0.4, 0.5) is 13.2 Å². The Morgan fingerprint density at radius 3 is 2.00 bits per heavy atom. The van der Waals surface area contributed by atoms with Crippen molar-refractivity contribution in [2.24, 2.45) is 0 Å². The predicted octanol–water partition coefficient (Wildman–Crippen LogP) is 1.65. The molecule has 0 aromatic carbocycles. The van der Waals surface area contributed by atoms with Gasteiger partial charge in [-0.2, -0.15) is 18.4 Å². The number of hydrogen-bond donors (Lipinski definition) is 1. The van der Waals surface area contributed by atoms with Gasteiger partial charge < -0.3 is 5.11 Å². The highest BCUT2D eigenvalue weighted by atomic mass is 35.5. The highest BCUT2D eigenvalue weighted by molar-refractivity contribution is 6.32. The average molecular weight is 200 g/mol. The summed E-state index contributed by atoms with van der Waals surface area (Å²) in [7, 11) is 0. The van der Waals surface area contributed by atoms with Gasteiger partial charge >= 0.3 is 12.1 Å². The predicted molar refractivity (Wildman–Crippen MR) is 32.2 cm³/mol. The lowest BCUT2D eigenvalue weighted by Crippen LogP contribution is -2.13. The van der Waals surface area contributed by atoms with Gasteiger partial charge in [0.15, 0.2) is 5.57 Å². The molecule has 0 radical (unpaired) electrons. The molecule has 0 aliphatic heterocycles. The van der Waals surface area contributed by atoms with E-state index in [0.29, 0.717) is 0 Å². The van der Waals surface area contributed by atoms with E-state index in [1.165, 1.54) is 0 Å². The fourth-order valence-electron chi connectivity index (χ4n) is 0.333. The van der Waals surface area contributed by atoms with Gasteiger partial charge in [0.05, 0.1) is 0 Å². The van der Waals surface area contributed by atoms with Crippen LogP contribution in [0.15, 0.2) is 10.6 Å². The summed E-state index contributed by atoms with van der Waals surface area (Å²) in [4.78, 5) is 9.95. The monoisotopic (exact) mass is 199 g/mol. The molecule has 0 aliphatic rings. The Morgan fingerprint density at radius 1 is 1.50 bits per heavy atom. The van der Waals surface area contributed by atoms with Gasteiger partial charge in [-0.05, 0) is 0 Å². The van der Waals surface area contributed by atoms with Crippen molar-refractivity contribution in [3.63, 3.8) is 0 Å². The van der Waals surface area contributed by atoms with Gasteiger partial charge in [0, 0.05) is 0 Å². The van der Waals surface area contributed by atoms with Crippen molar-refractivity contribution in [3.05, 3.63) is 10.6 Å². The Morgan fingerprint density at radius 2 is 1.92 bits per heavy atom. The first-order valence-corrected chi connectivity index (χ1v) is 2.79. The highest BCUT2D eigenvalue weighted by Gasteiger charge is 2.37. The van der Waals surface area contributed by atoms with E-state index in [2.05, 4.69) is 11.6 Å². The van der Waals surface area contributed by atoms with Crippen LogP contribution in [0.25, 0.3) is 0 Å². The maximum atomic E-state index is 11.6. The largest absolute Gasteiger partial charge is 0.477 e. The lowest BCUT2D eigenvalue weighted by Gasteiger charge is -2.03. The molecule has 0 atom stereocenters. The molecule has 12 heavy (non-hydrogen) atoms. The fraction of sp³-hybridized carbons (Fsp3) is 0.200. The lowest BCUT2D eigenvalue weighted by molar-refractivity contribution is -0.133. The van der Waals surface area contributed by atoms with Crippen molar-refractivity contribution in [1.29, 1.82) is 5.26 Å². The second-order valence-electron chi connectivity index (χ2n) is 1.60. The van der Waals surface area contributed by atoms with E-state index in [1.54, 1.807) is 0 Å². The number of nitriles is 1. The van der Waals surface area contributed by atoms with E-state index in [0.717, 1.165) is 6.07 Å². The Kier molecular flexibility index (Phi) is 3.10. The van der Waals surface area contributed by atoms with Gasteiger partial charge in [-0.15, -0.1) is 0 Å². The van der Waals surface area contributed by atoms with Crippen LogP contribution >= 0.6 is 11.6 Å². The summed E-state index contributed by atoms with van der Waals surface area (Å²) in [5.74, 6) is -2.00. The van der Waals surface area contributed by atoms with Crippen LogP contribution in [0.3, 0.4) is 0 Å². The molecular weight excluding hydrogens is 199 g/mol. The molecule has 0 saturated carbocycles. The molecule has 66 valence electrons. The van der Waals surface area contributed by atoms with Gasteiger partial charge in [0.25, 0.3) is 0 Å². The Hall–Kier alpha value is -1.22. The Labute approximate surface area is 69.7 Å². The second kappa shape index (κ2) is 3.45. The minimum Gasteiger partial charge on any atom is -0.477 e. The molecule has 0 saturated heterocycles. The first-order chi connectivity index (χ1) is 5.30. The number of rotatable bonds is 1. The van der Waals surface area contributed by atoms with E-state index < -0.39 is 22.8 Å². The van der Waals surface area contributed by atoms with Gasteiger partial charge in [-0.1, -0.05) is 11.6 Å². The van der Waals surface area contributed by atoms with E-state index in [4.69, 9.17) is 10.4 Å². The molecule has 0 amide bonds. The van der Waals surface area contributed by atoms with Crippen LogP contribution in [-0.4, -0.2) is 17.3 Å². The number of hydrogen-bond acceptors (Lipinski definition) is 2. The normalized spacial score (nSPS) is 13.2. The average Bonchev–Trinajstić information content (AvgIpc) is 1.86. The number of carboxylic acid groups (broad SMARTS) is 1. The molecule has 0 unspecified atom stereocenters. The minimum absolute atomic E-state index is 0.836. The van der Waals surface area contributed by atoms with Crippen LogP contribution in [0.2, 0.25) is 0 Å². The van der Waals surface area contributed by atoms with Crippen molar-refractivity contribution in [2.45, 2.75) is 6.18 Å². The number of aliphatic carboxylic acids is 1. The van der Waals surface area contributed by atoms with E-state index >= 15 is 0 Å². The van der Waals surface area contributed by atoms with Crippen molar-refractivity contribution in [2.75, 3.05) is 0 Å². The zero-order valence-electron chi connectivity index (χ0n) is 5.31. The molecule has 0 aliphatic carbocycles. The number of alkyl halides is 3. The van der Waals surface area contributed by atoms with Crippen molar-refractivity contribution in [1.82, 2.24) is 0 Å². The van der Waals surface area contributed by atoms with Gasteiger partial charge in [0.2, 0.25) is 0 Å². The molecule has 0 rings (SSSR count). The third-order valence-electron chi connectivity index (χ3n) is 0.794. The SMILES string of the molecule is N#C/C(C(=O)O)=C(/Cl)C(F)(F)F. The molecule has 0 aromatic heterocycles. The lowest BCUT2D eigenvalue weighted by atomic mass is 10.3. The third kappa shape index (κ3) is 2.43. The summed E-state index contributed by atoms with van der Waals surface area (Å²) in [5, 5.41) is 14.1. The topological polar surface area (TPSA) is 61.1 Å². The molecule has 0 spiro atoms. The molecule has 0 aromatic rings. The summed E-state index contributed by atoms with van der Waals surface area (Å²) in [5.41, 5.74) is -1.51. The second-order valence-corrected chi connectivity index (χ2v) is 1.98. The first-order valence-electron chi connectivity index (χ1n) is 2.41. The van der Waals surface area contributed by atoms with Crippen molar-refractivity contribution in [3.8, 4) is 6.07 Å². The van der Waals surface area contributed by atoms with E-state index in [-0.39, 0.29) is 0 Å². The minimum atomic E-state index is -5.00. The summed E-state index contributed by atoms with van der Waals surface area (Å²) in [6.45, 7) is 0. The van der Waals surface area contributed by atoms with Gasteiger partial charge in [-0.25, -0.2) is 4.79 Å². The first kappa shape index (κ1) is 10.8. The maximum absolute atomic E-state index is 11.6. The van der Waals surface area contributed by atoms with E-state index in [9.17, 15) is 18.0 Å². The molecule has 0 bridgehead atoms. The summed E-state index contributed by atoms with van der Waals surface area (Å²) in [6.07, 6.45) is -5.00. The summed E-state index contributed by atoms with van der Waals surface area (Å²) >= 11 is 4.57. The van der Waals surface area contributed by atoms with Gasteiger partial charge in [0.1, 0.15) is 11.1 Å². The van der Waals surface area contributed by atoms with E-state index in [1.807, 2.05) is 0 Å². The van der Waals surface area contributed by atoms with Crippen LogP contribution < -0.4 is 0 Å². The maximum Gasteiger partial charge on any atom is 0.428 e. The van der Waals surface area contributed by atoms with Crippen LogP contribution in [0.5, 0.6) is 0 Å². The summed E-state index contributed by atoms with van der Waals surface area (Å²) < 4.78 is 34.9. The van der Waals surface area contributed by atoms with Crippen LogP contribution in [0, 0.1) is 11.3 Å². The zero-order valence-corrected chi connectivity index (χ0v) is 6.07. The third-order valence-corrected chi connectivity index (χ3v) is 1.20. The number of allylic oxidation sites excluding steroid dienone is 1. The Balaban J connectivity index is 5.17. The molecule has 3 nitrogen and oxygen atoms in total. The smallest absolute Gasteiger partial charge is 0.428 e. The van der Waals surface area contributed by atoms with Crippen LogP contribution in [-0.2, 0) is 4.79 Å². The standard InChI is InChI=1S/C5HClF3NO2/c6-3(5(7,8)9)2(1-10)4(11)12/h(H,11,12)/b3-2-. The number of carbonyl (C=O) groups is 1. The molecular formula is C5HClF3NO2. The highest BCUT2D eigenvalue weighted by Crippen LogP contribution is 2.31. The zero-order chi connectivity index (χ0) is 9.94. The number of carboxylic acids is 1. The van der Waals surface area contributed by atoms with Crippen LogP contribution in [0.1, 0.15) is 0 Å². The quantitative estimate of drug-likeness (QED) is 0.516. The van der Waals surface area contributed by atoms with Crippen molar-refractivity contribution >= 4 is 17.6 Å². The number of halogens is 4. The van der Waals surface area contributed by atoms with Gasteiger partial charge in [-0.3, -0.25) is 0 Å². The molecule has 0 heterocycles. The Bertz CT molecular complexity index is 275. The summed E-state index contributed by atoms with van der Waals surface area (Å²) in [6, 6.07) is 0.836. The molecule has 1 N–H and O–H groups in total.